The number of hydrogen-bond donors (Lipinski definition) is 2. The van der Waals surface area contributed by atoms with Gasteiger partial charge >= 0.3 is 11.9 Å². The number of carbonyl (C=O) groups is 2. The number of ether oxygens (including phenoxy) is 2. The largest absolute Gasteiger partial charge is 0.465 e. The average Bonchev–Trinajstić information content (AvgIpc) is 2.37. The number of carbonyl (C=O) groups excluding carboxylic acids is 2. The molecule has 0 rings (SSSR count). The highest BCUT2D eigenvalue weighted by Crippen LogP contribution is 2.35. The molecule has 0 unspecified atom stereocenters. The van der Waals surface area contributed by atoms with E-state index >= 15 is 0 Å². The van der Waals surface area contributed by atoms with Gasteiger partial charge in [0.15, 0.2) is 0 Å². The summed E-state index contributed by atoms with van der Waals surface area (Å²) in [6.07, 6.45) is 2.10. The first-order chi connectivity index (χ1) is 13.4. The van der Waals surface area contributed by atoms with E-state index < -0.39 is 16.6 Å². The van der Waals surface area contributed by atoms with Crippen LogP contribution in [0.4, 0.5) is 0 Å². The molecule has 0 heterocycles. The van der Waals surface area contributed by atoms with Crippen molar-refractivity contribution in [1.82, 2.24) is 0 Å². The van der Waals surface area contributed by atoms with Crippen molar-refractivity contribution in [2.45, 2.75) is 125 Å². The van der Waals surface area contributed by atoms with Crippen LogP contribution in [0.25, 0.3) is 0 Å². The Bertz CT molecular complexity index is 620. The highest BCUT2D eigenvalue weighted by atomic mass is 16.6. The van der Waals surface area contributed by atoms with E-state index in [1.54, 1.807) is 0 Å². The van der Waals surface area contributed by atoms with Crippen LogP contribution in [-0.2, 0) is 19.1 Å². The fourth-order valence-electron chi connectivity index (χ4n) is 4.85. The van der Waals surface area contributed by atoms with E-state index in [9.17, 15) is 9.59 Å². The maximum absolute atomic E-state index is 12.8. The quantitative estimate of drug-likeness (QED) is 0.414. The minimum atomic E-state index is -0.703. The molecule has 0 aliphatic rings. The fraction of sp³-hybridized carbons (Fsp3) is 0.920. The molecule has 0 aromatic rings. The maximum Gasteiger partial charge on any atom is 0.312 e. The van der Waals surface area contributed by atoms with Gasteiger partial charge in [0, 0.05) is 16.5 Å². The summed E-state index contributed by atoms with van der Waals surface area (Å²) in [7, 11) is 0. The zero-order valence-corrected chi connectivity index (χ0v) is 22.3. The van der Waals surface area contributed by atoms with Gasteiger partial charge in [-0.1, -0.05) is 27.7 Å². The zero-order chi connectivity index (χ0) is 25.1. The van der Waals surface area contributed by atoms with Crippen LogP contribution < -0.4 is 11.5 Å². The van der Waals surface area contributed by atoms with Gasteiger partial charge in [0.25, 0.3) is 0 Å². The second-order valence-electron chi connectivity index (χ2n) is 13.7. The van der Waals surface area contributed by atoms with Crippen LogP contribution >= 0.6 is 0 Å². The van der Waals surface area contributed by atoms with Crippen molar-refractivity contribution in [2.24, 2.45) is 27.7 Å². The summed E-state index contributed by atoms with van der Waals surface area (Å²) >= 11 is 0. The molecular formula is C25H50N2O4. The predicted molar refractivity (Wildman–Crippen MR) is 127 cm³/mol. The first-order valence-electron chi connectivity index (χ1n) is 11.3. The van der Waals surface area contributed by atoms with Crippen LogP contribution in [0.1, 0.15) is 109 Å². The van der Waals surface area contributed by atoms with Crippen molar-refractivity contribution in [3.05, 3.63) is 0 Å². The Morgan fingerprint density at radius 2 is 1.13 bits per heavy atom. The van der Waals surface area contributed by atoms with Crippen LogP contribution in [0.2, 0.25) is 0 Å². The number of rotatable bonds is 12. The molecule has 184 valence electrons. The van der Waals surface area contributed by atoms with Crippen molar-refractivity contribution in [3.8, 4) is 0 Å². The van der Waals surface area contributed by atoms with Gasteiger partial charge < -0.3 is 20.9 Å². The molecule has 0 bridgehead atoms. The Labute approximate surface area is 191 Å². The van der Waals surface area contributed by atoms with Crippen molar-refractivity contribution >= 4 is 11.9 Å². The lowest BCUT2D eigenvalue weighted by atomic mass is 9.78. The molecule has 0 saturated heterocycles. The standard InChI is InChI=1S/C25H50N2O4/c1-20(2,14-23(7,8)26)13-18(28)30-17-21(3,4)15-25(11,12)31-19(29)22(5,6)16-24(9,10)27/h13-17,26-27H2,1-12H3. The molecule has 0 spiro atoms. The summed E-state index contributed by atoms with van der Waals surface area (Å²) in [6.45, 7) is 23.6. The van der Waals surface area contributed by atoms with Crippen LogP contribution in [0.3, 0.4) is 0 Å². The zero-order valence-electron chi connectivity index (χ0n) is 22.3. The molecule has 6 heteroatoms. The van der Waals surface area contributed by atoms with Crippen LogP contribution in [0.15, 0.2) is 0 Å². The lowest BCUT2D eigenvalue weighted by Crippen LogP contribution is -2.44. The van der Waals surface area contributed by atoms with Crippen molar-refractivity contribution in [2.75, 3.05) is 6.61 Å². The van der Waals surface area contributed by atoms with Crippen LogP contribution in [0.5, 0.6) is 0 Å². The monoisotopic (exact) mass is 442 g/mol. The highest BCUT2D eigenvalue weighted by molar-refractivity contribution is 5.76. The van der Waals surface area contributed by atoms with E-state index in [-0.39, 0.29) is 34.9 Å². The number of esters is 2. The van der Waals surface area contributed by atoms with Crippen molar-refractivity contribution in [3.63, 3.8) is 0 Å². The maximum atomic E-state index is 12.8. The van der Waals surface area contributed by atoms with Crippen molar-refractivity contribution in [1.29, 1.82) is 0 Å². The highest BCUT2D eigenvalue weighted by Gasteiger charge is 2.40. The summed E-state index contributed by atoms with van der Waals surface area (Å²) in [6, 6.07) is 0. The topological polar surface area (TPSA) is 105 Å². The molecule has 0 aliphatic carbocycles. The first kappa shape index (κ1) is 29.9. The van der Waals surface area contributed by atoms with Gasteiger partial charge in [-0.15, -0.1) is 0 Å². The van der Waals surface area contributed by atoms with E-state index in [1.807, 2.05) is 83.1 Å². The first-order valence-corrected chi connectivity index (χ1v) is 11.3. The van der Waals surface area contributed by atoms with Gasteiger partial charge in [-0.25, -0.2) is 0 Å². The van der Waals surface area contributed by atoms with E-state index in [1.165, 1.54) is 0 Å². The molecule has 0 amide bonds. The predicted octanol–water partition coefficient (Wildman–Crippen LogP) is 4.97. The second-order valence-corrected chi connectivity index (χ2v) is 13.7. The third-order valence-corrected chi connectivity index (χ3v) is 4.90. The van der Waals surface area contributed by atoms with E-state index in [2.05, 4.69) is 0 Å². The van der Waals surface area contributed by atoms with Crippen molar-refractivity contribution < 1.29 is 19.1 Å². The molecule has 31 heavy (non-hydrogen) atoms. The third-order valence-electron chi connectivity index (χ3n) is 4.90. The summed E-state index contributed by atoms with van der Waals surface area (Å²) in [5, 5.41) is 0. The van der Waals surface area contributed by atoms with Gasteiger partial charge in [-0.2, -0.15) is 0 Å². The van der Waals surface area contributed by atoms with Gasteiger partial charge in [0.05, 0.1) is 18.4 Å². The molecule has 0 atom stereocenters. The van der Waals surface area contributed by atoms with Gasteiger partial charge in [0.1, 0.15) is 5.60 Å². The summed E-state index contributed by atoms with van der Waals surface area (Å²) in [5.41, 5.74) is 9.43. The lowest BCUT2D eigenvalue weighted by Gasteiger charge is -2.38. The molecule has 0 aromatic carbocycles. The molecule has 0 aliphatic heterocycles. The molecule has 0 saturated carbocycles. The Kier molecular flexibility index (Phi) is 9.42. The van der Waals surface area contributed by atoms with Gasteiger partial charge in [0.2, 0.25) is 0 Å². The van der Waals surface area contributed by atoms with Crippen LogP contribution in [0, 0.1) is 16.2 Å². The fourth-order valence-corrected chi connectivity index (χ4v) is 4.85. The molecule has 0 fully saturated rings. The Morgan fingerprint density at radius 3 is 1.55 bits per heavy atom. The summed E-state index contributed by atoms with van der Waals surface area (Å²) in [5.74, 6) is -0.501. The minimum Gasteiger partial charge on any atom is -0.465 e. The Morgan fingerprint density at radius 1 is 0.677 bits per heavy atom. The van der Waals surface area contributed by atoms with E-state index in [0.717, 1.165) is 6.42 Å². The summed E-state index contributed by atoms with van der Waals surface area (Å²) < 4.78 is 11.5. The second kappa shape index (κ2) is 9.78. The van der Waals surface area contributed by atoms with Gasteiger partial charge in [-0.05, 0) is 80.1 Å². The SMILES string of the molecule is CC(C)(N)CC(C)(C)CC(=O)OCC(C)(C)CC(C)(C)OC(=O)C(C)(C)CC(C)(C)N. The average molecular weight is 443 g/mol. The van der Waals surface area contributed by atoms with E-state index in [0.29, 0.717) is 19.3 Å². The van der Waals surface area contributed by atoms with E-state index in [4.69, 9.17) is 20.9 Å². The molecular weight excluding hydrogens is 392 g/mol. The number of hydrogen-bond acceptors (Lipinski definition) is 6. The molecule has 4 N–H and O–H groups in total. The molecule has 6 nitrogen and oxygen atoms in total. The van der Waals surface area contributed by atoms with Crippen LogP contribution in [-0.4, -0.2) is 35.2 Å². The minimum absolute atomic E-state index is 0.233. The molecule has 0 aromatic heterocycles. The smallest absolute Gasteiger partial charge is 0.312 e. The third kappa shape index (κ3) is 13.8. The normalized spacial score (nSPS) is 14.4. The lowest BCUT2D eigenvalue weighted by molar-refractivity contribution is -0.173. The van der Waals surface area contributed by atoms with Gasteiger partial charge in [-0.3, -0.25) is 9.59 Å². The Hall–Kier alpha value is -1.14. The Balaban J connectivity index is 4.89. The molecule has 0 radical (unpaired) electrons. The number of nitrogens with two attached hydrogens (primary N) is 2. The summed E-state index contributed by atoms with van der Waals surface area (Å²) in [4.78, 5) is 25.2.